The normalized spacial score (nSPS) is 11.6. The summed E-state index contributed by atoms with van der Waals surface area (Å²) < 4.78 is 9.34. The Hall–Kier alpha value is -1.88. The van der Waals surface area contributed by atoms with E-state index < -0.39 is 18.0 Å². The van der Waals surface area contributed by atoms with E-state index in [4.69, 9.17) is 10.5 Å². The molecule has 1 atom stereocenters. The first-order valence-electron chi connectivity index (χ1n) is 4.72. The minimum Gasteiger partial charge on any atom is -0.469 e. The molecular formula is C11H13NO4. The molecule has 0 saturated heterocycles. The summed E-state index contributed by atoms with van der Waals surface area (Å²) in [5.41, 5.74) is 5.47. The van der Waals surface area contributed by atoms with Crippen molar-refractivity contribution < 1.29 is 19.1 Å². The number of carbonyl (C=O) groups is 2. The van der Waals surface area contributed by atoms with Crippen LogP contribution in [0.3, 0.4) is 0 Å². The number of ether oxygens (including phenoxy) is 2. The number of hydrogen-bond donors (Lipinski definition) is 1. The van der Waals surface area contributed by atoms with Crippen LogP contribution in [-0.2, 0) is 14.3 Å². The second-order valence-electron chi connectivity index (χ2n) is 3.12. The van der Waals surface area contributed by atoms with Gasteiger partial charge in [0.2, 0.25) is 0 Å². The van der Waals surface area contributed by atoms with E-state index in [0.29, 0.717) is 5.75 Å². The number of methoxy groups -OCH3 is 1. The number of rotatable bonds is 4. The third-order valence-corrected chi connectivity index (χ3v) is 1.88. The Morgan fingerprint density at radius 2 is 1.94 bits per heavy atom. The van der Waals surface area contributed by atoms with E-state index in [1.54, 1.807) is 30.3 Å². The zero-order chi connectivity index (χ0) is 12.0. The van der Waals surface area contributed by atoms with Crippen LogP contribution >= 0.6 is 0 Å². The molecule has 5 nitrogen and oxygen atoms in total. The van der Waals surface area contributed by atoms with Crippen molar-refractivity contribution in [2.45, 2.75) is 12.5 Å². The third-order valence-electron chi connectivity index (χ3n) is 1.88. The van der Waals surface area contributed by atoms with Gasteiger partial charge in [0.25, 0.3) is 0 Å². The highest BCUT2D eigenvalue weighted by molar-refractivity contribution is 5.83. The minimum atomic E-state index is -1.01. The summed E-state index contributed by atoms with van der Waals surface area (Å²) in [6, 6.07) is 7.51. The van der Waals surface area contributed by atoms with Gasteiger partial charge in [0, 0.05) is 0 Å². The maximum Gasteiger partial charge on any atom is 0.328 e. The van der Waals surface area contributed by atoms with Crippen LogP contribution in [0.5, 0.6) is 5.75 Å². The van der Waals surface area contributed by atoms with Gasteiger partial charge >= 0.3 is 11.9 Å². The Morgan fingerprint density at radius 1 is 1.31 bits per heavy atom. The molecule has 0 aliphatic carbocycles. The first-order chi connectivity index (χ1) is 7.63. The highest BCUT2D eigenvalue weighted by Crippen LogP contribution is 2.09. The van der Waals surface area contributed by atoms with Gasteiger partial charge in [-0.1, -0.05) is 18.2 Å². The van der Waals surface area contributed by atoms with E-state index in [0.717, 1.165) is 0 Å². The number of benzene rings is 1. The molecule has 2 N–H and O–H groups in total. The Bertz CT molecular complexity index is 364. The predicted molar refractivity (Wildman–Crippen MR) is 56.7 cm³/mol. The molecule has 16 heavy (non-hydrogen) atoms. The van der Waals surface area contributed by atoms with Gasteiger partial charge in [0.05, 0.1) is 13.5 Å². The quantitative estimate of drug-likeness (QED) is 0.593. The van der Waals surface area contributed by atoms with E-state index in [1.165, 1.54) is 7.11 Å². The number of carbonyl (C=O) groups excluding carboxylic acids is 2. The van der Waals surface area contributed by atoms with Crippen LogP contribution in [0, 0.1) is 0 Å². The molecule has 0 saturated carbocycles. The first-order valence-corrected chi connectivity index (χ1v) is 4.72. The predicted octanol–water partition coefficient (Wildman–Crippen LogP) is 0.482. The molecule has 0 fully saturated rings. The van der Waals surface area contributed by atoms with E-state index in [2.05, 4.69) is 4.74 Å². The van der Waals surface area contributed by atoms with Crippen LogP contribution in [0.15, 0.2) is 30.3 Å². The van der Waals surface area contributed by atoms with Crippen molar-refractivity contribution in [3.05, 3.63) is 30.3 Å². The summed E-state index contributed by atoms with van der Waals surface area (Å²) >= 11 is 0. The molecule has 0 aliphatic rings. The number of hydrogen-bond acceptors (Lipinski definition) is 5. The Balaban J connectivity index is 2.49. The second-order valence-corrected chi connectivity index (χ2v) is 3.12. The van der Waals surface area contributed by atoms with Crippen molar-refractivity contribution in [2.24, 2.45) is 5.73 Å². The molecule has 86 valence electrons. The minimum absolute atomic E-state index is 0.192. The van der Waals surface area contributed by atoms with Gasteiger partial charge in [-0.2, -0.15) is 0 Å². The lowest BCUT2D eigenvalue weighted by Crippen LogP contribution is -2.36. The summed E-state index contributed by atoms with van der Waals surface area (Å²) in [6.07, 6.45) is -0.192. The zero-order valence-corrected chi connectivity index (χ0v) is 8.88. The van der Waals surface area contributed by atoms with Gasteiger partial charge in [-0.25, -0.2) is 4.79 Å². The van der Waals surface area contributed by atoms with Crippen LogP contribution in [0.4, 0.5) is 0 Å². The Morgan fingerprint density at radius 3 is 2.50 bits per heavy atom. The maximum atomic E-state index is 11.4. The molecule has 0 amide bonds. The number of nitrogens with two attached hydrogens (primary N) is 1. The smallest absolute Gasteiger partial charge is 0.328 e. The molecule has 0 heterocycles. The lowest BCUT2D eigenvalue weighted by atomic mass is 10.2. The second kappa shape index (κ2) is 5.87. The van der Waals surface area contributed by atoms with Gasteiger partial charge in [-0.3, -0.25) is 4.79 Å². The van der Waals surface area contributed by atoms with E-state index in [9.17, 15) is 9.59 Å². The maximum absolute atomic E-state index is 11.4. The van der Waals surface area contributed by atoms with Crippen molar-refractivity contribution in [1.82, 2.24) is 0 Å². The average molecular weight is 223 g/mol. The molecule has 0 aliphatic heterocycles. The number of esters is 2. The fraction of sp³-hybridized carbons (Fsp3) is 0.273. The highest BCUT2D eigenvalue weighted by Gasteiger charge is 2.19. The van der Waals surface area contributed by atoms with Crippen molar-refractivity contribution in [1.29, 1.82) is 0 Å². The summed E-state index contributed by atoms with van der Waals surface area (Å²) in [5, 5.41) is 0. The van der Waals surface area contributed by atoms with Gasteiger partial charge in [-0.05, 0) is 12.1 Å². The van der Waals surface area contributed by atoms with Crippen LogP contribution in [-0.4, -0.2) is 25.1 Å². The fourth-order valence-corrected chi connectivity index (χ4v) is 1.03. The molecular weight excluding hydrogens is 210 g/mol. The van der Waals surface area contributed by atoms with Gasteiger partial charge in [-0.15, -0.1) is 0 Å². The monoisotopic (exact) mass is 223 g/mol. The van der Waals surface area contributed by atoms with Crippen LogP contribution in [0.2, 0.25) is 0 Å². The standard InChI is InChI=1S/C11H13NO4/c1-15-10(13)7-9(12)11(14)16-8-5-3-2-4-6-8/h2-6,9H,7,12H2,1H3. The lowest BCUT2D eigenvalue weighted by Gasteiger charge is -2.09. The first kappa shape index (κ1) is 12.2. The SMILES string of the molecule is COC(=O)CC(N)C(=O)Oc1ccccc1. The molecule has 5 heteroatoms. The van der Waals surface area contributed by atoms with Crippen LogP contribution in [0.25, 0.3) is 0 Å². The Kier molecular flexibility index (Phi) is 4.47. The zero-order valence-electron chi connectivity index (χ0n) is 8.88. The van der Waals surface area contributed by atoms with Crippen molar-refractivity contribution in [3.63, 3.8) is 0 Å². The van der Waals surface area contributed by atoms with Crippen molar-refractivity contribution in [2.75, 3.05) is 7.11 Å². The highest BCUT2D eigenvalue weighted by atomic mass is 16.5. The van der Waals surface area contributed by atoms with Gasteiger partial charge in [0.1, 0.15) is 11.8 Å². The summed E-state index contributed by atoms with van der Waals surface area (Å²) in [5.74, 6) is -0.804. The molecule has 0 bridgehead atoms. The largest absolute Gasteiger partial charge is 0.469 e. The van der Waals surface area contributed by atoms with Crippen molar-refractivity contribution >= 4 is 11.9 Å². The van der Waals surface area contributed by atoms with E-state index >= 15 is 0 Å². The Labute approximate surface area is 93.1 Å². The lowest BCUT2D eigenvalue weighted by molar-refractivity contribution is -0.145. The fourth-order valence-electron chi connectivity index (χ4n) is 1.03. The topological polar surface area (TPSA) is 78.6 Å². The molecule has 0 radical (unpaired) electrons. The molecule has 1 rings (SSSR count). The van der Waals surface area contributed by atoms with Crippen molar-refractivity contribution in [3.8, 4) is 5.75 Å². The molecule has 1 unspecified atom stereocenters. The summed E-state index contributed by atoms with van der Waals surface area (Å²) in [4.78, 5) is 22.3. The van der Waals surface area contributed by atoms with Gasteiger partial charge in [0.15, 0.2) is 0 Å². The summed E-state index contributed by atoms with van der Waals surface area (Å²) in [6.45, 7) is 0. The van der Waals surface area contributed by atoms with Crippen LogP contribution < -0.4 is 10.5 Å². The van der Waals surface area contributed by atoms with E-state index in [-0.39, 0.29) is 6.42 Å². The summed E-state index contributed by atoms with van der Waals surface area (Å²) in [7, 11) is 1.23. The van der Waals surface area contributed by atoms with E-state index in [1.807, 2.05) is 0 Å². The molecule has 1 aromatic rings. The van der Waals surface area contributed by atoms with Crippen LogP contribution in [0.1, 0.15) is 6.42 Å². The molecule has 0 spiro atoms. The molecule has 0 aromatic heterocycles. The molecule has 1 aromatic carbocycles. The third kappa shape index (κ3) is 3.70. The van der Waals surface area contributed by atoms with Gasteiger partial charge < -0.3 is 15.2 Å². The average Bonchev–Trinajstić information content (AvgIpc) is 2.30. The number of para-hydroxylation sites is 1.